The number of hydrogen-bond acceptors (Lipinski definition) is 5. The van der Waals surface area contributed by atoms with E-state index in [1.807, 2.05) is 6.07 Å². The lowest BCUT2D eigenvalue weighted by molar-refractivity contribution is 0.0756. The zero-order valence-electron chi connectivity index (χ0n) is 16.9. The Morgan fingerprint density at radius 1 is 1.25 bits per heavy atom. The average molecular weight is 383 g/mol. The third kappa shape index (κ3) is 3.12. The van der Waals surface area contributed by atoms with Crippen LogP contribution in [0.1, 0.15) is 66.6 Å². The molecule has 148 valence electrons. The molecular weight excluding hydrogens is 358 g/mol. The molecular formula is C20H25N5O3. The number of carbonyl (C=O) groups excluding carboxylic acids is 1. The highest BCUT2D eigenvalue weighted by Gasteiger charge is 2.32. The van der Waals surface area contributed by atoms with Gasteiger partial charge in [0.05, 0.1) is 11.4 Å². The molecule has 1 saturated heterocycles. The van der Waals surface area contributed by atoms with E-state index in [1.165, 1.54) is 4.52 Å². The maximum atomic E-state index is 12.8. The minimum Gasteiger partial charge on any atom is -0.436 e. The molecule has 28 heavy (non-hydrogen) atoms. The summed E-state index contributed by atoms with van der Waals surface area (Å²) in [6, 6.07) is 3.49. The predicted octanol–water partition coefficient (Wildman–Crippen LogP) is 2.55. The molecule has 0 bridgehead atoms. The molecule has 3 aromatic heterocycles. The van der Waals surface area contributed by atoms with Crippen LogP contribution in [0.25, 0.3) is 5.65 Å². The van der Waals surface area contributed by atoms with E-state index in [2.05, 4.69) is 30.9 Å². The van der Waals surface area contributed by atoms with E-state index in [0.29, 0.717) is 36.1 Å². The number of H-pyrrole nitrogens is 1. The predicted molar refractivity (Wildman–Crippen MR) is 104 cm³/mol. The highest BCUT2D eigenvalue weighted by Crippen LogP contribution is 2.28. The summed E-state index contributed by atoms with van der Waals surface area (Å²) >= 11 is 0. The van der Waals surface area contributed by atoms with Crippen LogP contribution in [-0.2, 0) is 5.41 Å². The number of oxazole rings is 1. The minimum absolute atomic E-state index is 0.0268. The molecule has 0 saturated carbocycles. The van der Waals surface area contributed by atoms with Crippen molar-refractivity contribution in [2.75, 3.05) is 13.1 Å². The Balaban J connectivity index is 1.60. The number of aromatic amines is 1. The van der Waals surface area contributed by atoms with Crippen molar-refractivity contribution in [1.29, 1.82) is 0 Å². The van der Waals surface area contributed by atoms with E-state index in [4.69, 9.17) is 9.40 Å². The summed E-state index contributed by atoms with van der Waals surface area (Å²) in [6.45, 7) is 10.9. The summed E-state index contributed by atoms with van der Waals surface area (Å²) in [7, 11) is 0. The van der Waals surface area contributed by atoms with Crippen molar-refractivity contribution < 1.29 is 9.21 Å². The summed E-state index contributed by atoms with van der Waals surface area (Å²) in [6.07, 6.45) is 0.761. The molecule has 8 heteroatoms. The standard InChI is InChI=1S/C20H25N5O3/c1-11-18(28-12(2)21-11)19(27)24-7-6-13(10-24)14-8-17(26)25-16(22-14)9-15(23-25)20(3,4)5/h8-9,13,23H,6-7,10H2,1-5H3. The van der Waals surface area contributed by atoms with Crippen LogP contribution in [0.15, 0.2) is 21.3 Å². The van der Waals surface area contributed by atoms with Gasteiger partial charge >= 0.3 is 0 Å². The normalized spacial score (nSPS) is 17.6. The Morgan fingerprint density at radius 3 is 2.64 bits per heavy atom. The molecule has 1 aliphatic rings. The topological polar surface area (TPSA) is 96.5 Å². The fourth-order valence-corrected chi connectivity index (χ4v) is 3.66. The van der Waals surface area contributed by atoms with Crippen molar-refractivity contribution in [2.45, 2.75) is 52.4 Å². The van der Waals surface area contributed by atoms with Gasteiger partial charge in [-0.1, -0.05) is 20.8 Å². The smallest absolute Gasteiger partial charge is 0.291 e. The summed E-state index contributed by atoms with van der Waals surface area (Å²) in [4.78, 5) is 35.9. The molecule has 8 nitrogen and oxygen atoms in total. The quantitative estimate of drug-likeness (QED) is 0.734. The van der Waals surface area contributed by atoms with Crippen LogP contribution in [0.4, 0.5) is 0 Å². The van der Waals surface area contributed by atoms with Gasteiger partial charge in [-0.25, -0.2) is 14.5 Å². The summed E-state index contributed by atoms with van der Waals surface area (Å²) in [5.74, 6) is 0.648. The molecule has 1 amide bonds. The van der Waals surface area contributed by atoms with Crippen LogP contribution >= 0.6 is 0 Å². The van der Waals surface area contributed by atoms with Gasteiger partial charge in [-0.3, -0.25) is 14.7 Å². The van der Waals surface area contributed by atoms with Crippen LogP contribution < -0.4 is 5.56 Å². The Bertz CT molecular complexity index is 1120. The van der Waals surface area contributed by atoms with Crippen LogP contribution in [-0.4, -0.2) is 43.5 Å². The van der Waals surface area contributed by atoms with Gasteiger partial charge in [0.25, 0.3) is 11.5 Å². The van der Waals surface area contributed by atoms with Gasteiger partial charge in [0.1, 0.15) is 0 Å². The molecule has 4 rings (SSSR count). The first-order valence-corrected chi connectivity index (χ1v) is 9.50. The van der Waals surface area contributed by atoms with E-state index in [0.717, 1.165) is 17.8 Å². The molecule has 1 unspecified atom stereocenters. The number of fused-ring (bicyclic) bond motifs is 1. The van der Waals surface area contributed by atoms with Crippen LogP contribution in [0.5, 0.6) is 0 Å². The first-order chi connectivity index (χ1) is 13.1. The number of rotatable bonds is 2. The Hall–Kier alpha value is -2.90. The number of nitrogens with one attached hydrogen (secondary N) is 1. The van der Waals surface area contributed by atoms with Crippen molar-refractivity contribution in [3.63, 3.8) is 0 Å². The zero-order chi connectivity index (χ0) is 20.2. The number of likely N-dealkylation sites (tertiary alicyclic amines) is 1. The summed E-state index contributed by atoms with van der Waals surface area (Å²) < 4.78 is 6.94. The van der Waals surface area contributed by atoms with E-state index in [1.54, 1.807) is 24.8 Å². The van der Waals surface area contributed by atoms with Crippen molar-refractivity contribution in [1.82, 2.24) is 24.5 Å². The van der Waals surface area contributed by atoms with Gasteiger partial charge in [0.2, 0.25) is 5.76 Å². The Kier molecular flexibility index (Phi) is 4.17. The van der Waals surface area contributed by atoms with Gasteiger partial charge < -0.3 is 9.32 Å². The van der Waals surface area contributed by atoms with E-state index >= 15 is 0 Å². The first-order valence-electron chi connectivity index (χ1n) is 9.50. The second-order valence-corrected chi connectivity index (χ2v) is 8.52. The molecule has 0 aromatic carbocycles. The third-order valence-electron chi connectivity index (χ3n) is 5.27. The molecule has 0 radical (unpaired) electrons. The van der Waals surface area contributed by atoms with Gasteiger partial charge in [-0.05, 0) is 13.3 Å². The maximum absolute atomic E-state index is 12.8. The summed E-state index contributed by atoms with van der Waals surface area (Å²) in [5.41, 5.74) is 2.65. The lowest BCUT2D eigenvalue weighted by Crippen LogP contribution is -2.29. The Morgan fingerprint density at radius 2 is 2.00 bits per heavy atom. The zero-order valence-corrected chi connectivity index (χ0v) is 16.9. The maximum Gasteiger partial charge on any atom is 0.291 e. The van der Waals surface area contributed by atoms with Gasteiger partial charge in [0.15, 0.2) is 11.5 Å². The lowest BCUT2D eigenvalue weighted by Gasteiger charge is -2.15. The number of aryl methyl sites for hydroxylation is 2. The largest absolute Gasteiger partial charge is 0.436 e. The highest BCUT2D eigenvalue weighted by molar-refractivity contribution is 5.92. The van der Waals surface area contributed by atoms with Crippen molar-refractivity contribution in [3.05, 3.63) is 51.2 Å². The molecule has 0 aliphatic carbocycles. The van der Waals surface area contributed by atoms with Crippen LogP contribution in [0, 0.1) is 13.8 Å². The van der Waals surface area contributed by atoms with Gasteiger partial charge in [0, 0.05) is 49.2 Å². The van der Waals surface area contributed by atoms with Gasteiger partial charge in [-0.15, -0.1) is 0 Å². The van der Waals surface area contributed by atoms with E-state index in [9.17, 15) is 9.59 Å². The van der Waals surface area contributed by atoms with Crippen molar-refractivity contribution >= 4 is 11.6 Å². The first kappa shape index (κ1) is 18.5. The highest BCUT2D eigenvalue weighted by atomic mass is 16.4. The van der Waals surface area contributed by atoms with E-state index < -0.39 is 0 Å². The molecule has 1 aliphatic heterocycles. The number of carbonyl (C=O) groups is 1. The summed E-state index contributed by atoms with van der Waals surface area (Å²) in [5, 5.41) is 3.14. The molecule has 1 atom stereocenters. The number of hydrogen-bond donors (Lipinski definition) is 1. The number of aromatic nitrogens is 4. The SMILES string of the molecule is Cc1nc(C)c(C(=O)N2CCC(c3cc(=O)n4[nH]c(C(C)(C)C)cc4n3)C2)o1. The fourth-order valence-electron chi connectivity index (χ4n) is 3.66. The van der Waals surface area contributed by atoms with Crippen LogP contribution in [0.2, 0.25) is 0 Å². The molecule has 1 N–H and O–H groups in total. The average Bonchev–Trinajstić information content (AvgIpc) is 3.31. The molecule has 3 aromatic rings. The molecule has 1 fully saturated rings. The van der Waals surface area contributed by atoms with E-state index in [-0.39, 0.29) is 22.8 Å². The molecule has 0 spiro atoms. The van der Waals surface area contributed by atoms with Gasteiger partial charge in [-0.2, -0.15) is 0 Å². The molecule has 4 heterocycles. The lowest BCUT2D eigenvalue weighted by atomic mass is 9.93. The second-order valence-electron chi connectivity index (χ2n) is 8.52. The number of amides is 1. The fraction of sp³-hybridized carbons (Fsp3) is 0.500. The second kappa shape index (κ2) is 6.32. The van der Waals surface area contributed by atoms with Crippen molar-refractivity contribution in [2.24, 2.45) is 0 Å². The third-order valence-corrected chi connectivity index (χ3v) is 5.27. The monoisotopic (exact) mass is 383 g/mol. The Labute approximate surface area is 162 Å². The van der Waals surface area contributed by atoms with Crippen molar-refractivity contribution in [3.8, 4) is 0 Å². The minimum atomic E-state index is -0.157. The van der Waals surface area contributed by atoms with Crippen LogP contribution in [0.3, 0.4) is 0 Å². The number of nitrogens with zero attached hydrogens (tertiary/aromatic N) is 4.